The lowest BCUT2D eigenvalue weighted by atomic mass is 10.1. The highest BCUT2D eigenvalue weighted by Crippen LogP contribution is 2.35. The molecule has 164 valence electrons. The van der Waals surface area contributed by atoms with Crippen LogP contribution in [0.4, 0.5) is 29.1 Å². The van der Waals surface area contributed by atoms with E-state index >= 15 is 0 Å². The molecule has 2 aromatic carbocycles. The molecule has 4 rings (SSSR count). The molecule has 0 saturated carbocycles. The molecule has 4 N–H and O–H groups in total. The minimum Gasteiger partial charge on any atom is -0.495 e. The number of nitrogen functional groups attached to an aromatic ring is 1. The van der Waals surface area contributed by atoms with Gasteiger partial charge < -0.3 is 15.8 Å². The van der Waals surface area contributed by atoms with E-state index < -0.39 is 29.0 Å². The van der Waals surface area contributed by atoms with Crippen LogP contribution in [0.2, 0.25) is 0 Å². The number of alkyl halides is 3. The van der Waals surface area contributed by atoms with Gasteiger partial charge in [-0.1, -0.05) is 6.07 Å². The van der Waals surface area contributed by atoms with Gasteiger partial charge in [0, 0.05) is 5.56 Å². The maximum absolute atomic E-state index is 14.1. The van der Waals surface area contributed by atoms with Crippen molar-refractivity contribution in [2.45, 2.75) is 6.18 Å². The number of carbonyl (C=O) groups excluding carboxylic acids is 1. The summed E-state index contributed by atoms with van der Waals surface area (Å²) in [6.07, 6.45) is -3.44. The third-order valence-electron chi connectivity index (χ3n) is 4.66. The summed E-state index contributed by atoms with van der Waals surface area (Å²) in [4.78, 5) is 20.4. The van der Waals surface area contributed by atoms with Gasteiger partial charge in [0.05, 0.1) is 35.0 Å². The Morgan fingerprint density at radius 2 is 1.94 bits per heavy atom. The lowest BCUT2D eigenvalue weighted by molar-refractivity contribution is -0.137. The number of ether oxygens (including phenoxy) is 1. The van der Waals surface area contributed by atoms with Crippen LogP contribution in [0.1, 0.15) is 15.9 Å². The van der Waals surface area contributed by atoms with Crippen LogP contribution in [0.25, 0.3) is 22.3 Å². The molecule has 8 nitrogen and oxygen atoms in total. The van der Waals surface area contributed by atoms with E-state index in [0.29, 0.717) is 28.4 Å². The van der Waals surface area contributed by atoms with Crippen molar-refractivity contribution in [2.24, 2.45) is 0 Å². The monoisotopic (exact) mass is 446 g/mol. The minimum atomic E-state index is -4.72. The first-order valence-corrected chi connectivity index (χ1v) is 9.00. The van der Waals surface area contributed by atoms with Crippen LogP contribution in [0, 0.1) is 5.82 Å². The second-order valence-electron chi connectivity index (χ2n) is 6.62. The molecule has 0 fully saturated rings. The Kier molecular flexibility index (Phi) is 5.12. The summed E-state index contributed by atoms with van der Waals surface area (Å²) in [6.45, 7) is 0. The standard InChI is InChI=1S/C20H14F4N6O2/c1-32-14-6-9(16-15-17(25)26-8-27-18(15)30-29-16)2-5-13(14)28-19(31)11-4-3-10(7-12(11)21)20(22,23)24/h2-8H,1H3,(H,28,31)(H3,25,26,27,29,30). The predicted octanol–water partition coefficient (Wildman–Crippen LogP) is 4.02. The molecule has 2 heterocycles. The van der Waals surface area contributed by atoms with Crippen molar-refractivity contribution in [1.29, 1.82) is 0 Å². The van der Waals surface area contributed by atoms with Crippen molar-refractivity contribution in [1.82, 2.24) is 20.2 Å². The van der Waals surface area contributed by atoms with Crippen LogP contribution in [0.15, 0.2) is 42.7 Å². The van der Waals surface area contributed by atoms with Crippen LogP contribution in [-0.2, 0) is 6.18 Å². The van der Waals surface area contributed by atoms with Crippen molar-refractivity contribution in [3.63, 3.8) is 0 Å². The molecule has 0 spiro atoms. The maximum Gasteiger partial charge on any atom is 0.416 e. The minimum absolute atomic E-state index is 0.175. The van der Waals surface area contributed by atoms with E-state index in [4.69, 9.17) is 10.5 Å². The van der Waals surface area contributed by atoms with Crippen LogP contribution < -0.4 is 15.8 Å². The Hall–Kier alpha value is -4.22. The number of benzene rings is 2. The molecule has 0 unspecified atom stereocenters. The first kappa shape index (κ1) is 21.0. The predicted molar refractivity (Wildman–Crippen MR) is 107 cm³/mol. The lowest BCUT2D eigenvalue weighted by Gasteiger charge is -2.13. The highest BCUT2D eigenvalue weighted by atomic mass is 19.4. The average molecular weight is 446 g/mol. The Morgan fingerprint density at radius 3 is 2.62 bits per heavy atom. The maximum atomic E-state index is 14.1. The van der Waals surface area contributed by atoms with E-state index in [9.17, 15) is 22.4 Å². The van der Waals surface area contributed by atoms with E-state index in [1.54, 1.807) is 12.1 Å². The number of carbonyl (C=O) groups is 1. The number of methoxy groups -OCH3 is 1. The van der Waals surface area contributed by atoms with Gasteiger partial charge in [-0.2, -0.15) is 18.3 Å². The Bertz CT molecular complexity index is 1340. The number of H-pyrrole nitrogens is 1. The summed E-state index contributed by atoms with van der Waals surface area (Å²) < 4.78 is 57.6. The number of nitrogens with one attached hydrogen (secondary N) is 2. The zero-order valence-corrected chi connectivity index (χ0v) is 16.3. The second-order valence-corrected chi connectivity index (χ2v) is 6.62. The highest BCUT2D eigenvalue weighted by molar-refractivity contribution is 6.05. The van der Waals surface area contributed by atoms with Gasteiger partial charge in [-0.25, -0.2) is 14.4 Å². The van der Waals surface area contributed by atoms with Gasteiger partial charge in [0.1, 0.15) is 23.7 Å². The van der Waals surface area contributed by atoms with E-state index in [1.165, 1.54) is 19.5 Å². The zero-order valence-electron chi connectivity index (χ0n) is 16.3. The van der Waals surface area contributed by atoms with Crippen molar-refractivity contribution >= 4 is 28.4 Å². The molecule has 32 heavy (non-hydrogen) atoms. The number of rotatable bonds is 4. The van der Waals surface area contributed by atoms with E-state index in [1.807, 2.05) is 0 Å². The van der Waals surface area contributed by atoms with Gasteiger partial charge in [0.2, 0.25) is 0 Å². The van der Waals surface area contributed by atoms with Crippen molar-refractivity contribution in [3.8, 4) is 17.0 Å². The molecule has 0 atom stereocenters. The molecule has 4 aromatic rings. The SMILES string of the molecule is COc1cc(-c2[nH]nc3ncnc(N)c23)ccc1NC(=O)c1ccc(C(F)(F)F)cc1F. The summed E-state index contributed by atoms with van der Waals surface area (Å²) in [7, 11) is 1.36. The quantitative estimate of drug-likeness (QED) is 0.408. The topological polar surface area (TPSA) is 119 Å². The van der Waals surface area contributed by atoms with Crippen molar-refractivity contribution in [3.05, 3.63) is 59.7 Å². The number of anilines is 2. The smallest absolute Gasteiger partial charge is 0.416 e. The molecular weight excluding hydrogens is 432 g/mol. The number of aromatic amines is 1. The third kappa shape index (κ3) is 3.77. The summed E-state index contributed by atoms with van der Waals surface area (Å²) in [6, 6.07) is 6.34. The van der Waals surface area contributed by atoms with Gasteiger partial charge in [-0.3, -0.25) is 9.89 Å². The molecule has 1 amide bonds. The Balaban J connectivity index is 1.65. The molecule has 0 radical (unpaired) electrons. The van der Waals surface area contributed by atoms with Crippen molar-refractivity contribution in [2.75, 3.05) is 18.2 Å². The highest BCUT2D eigenvalue weighted by Gasteiger charge is 2.31. The summed E-state index contributed by atoms with van der Waals surface area (Å²) in [5, 5.41) is 9.82. The Morgan fingerprint density at radius 1 is 1.16 bits per heavy atom. The fraction of sp³-hybridized carbons (Fsp3) is 0.100. The Labute approximate surface area is 177 Å². The van der Waals surface area contributed by atoms with Gasteiger partial charge in [0.25, 0.3) is 5.91 Å². The van der Waals surface area contributed by atoms with Gasteiger partial charge in [-0.15, -0.1) is 0 Å². The number of hydrogen-bond donors (Lipinski definition) is 3. The number of nitrogens with zero attached hydrogens (tertiary/aromatic N) is 3. The van der Waals surface area contributed by atoms with Crippen molar-refractivity contribution < 1.29 is 27.1 Å². The van der Waals surface area contributed by atoms with Crippen LogP contribution >= 0.6 is 0 Å². The van der Waals surface area contributed by atoms with Gasteiger partial charge in [-0.05, 0) is 30.3 Å². The summed E-state index contributed by atoms with van der Waals surface area (Å²) in [5.74, 6) is -1.81. The molecule has 0 aliphatic rings. The molecule has 12 heteroatoms. The van der Waals surface area contributed by atoms with E-state index in [0.717, 1.165) is 6.07 Å². The second kappa shape index (κ2) is 7.80. The van der Waals surface area contributed by atoms with E-state index in [2.05, 4.69) is 25.5 Å². The summed E-state index contributed by atoms with van der Waals surface area (Å²) >= 11 is 0. The number of halogens is 4. The molecule has 0 bridgehead atoms. The molecule has 0 aliphatic heterocycles. The molecule has 0 saturated heterocycles. The first-order chi connectivity index (χ1) is 15.2. The molecular formula is C20H14F4N6O2. The fourth-order valence-corrected chi connectivity index (χ4v) is 3.10. The largest absolute Gasteiger partial charge is 0.495 e. The number of nitrogens with two attached hydrogens (primary N) is 1. The number of aromatic nitrogens is 4. The number of hydrogen-bond acceptors (Lipinski definition) is 6. The van der Waals surface area contributed by atoms with Gasteiger partial charge >= 0.3 is 6.18 Å². The van der Waals surface area contributed by atoms with Crippen LogP contribution in [0.3, 0.4) is 0 Å². The van der Waals surface area contributed by atoms with Crippen LogP contribution in [-0.4, -0.2) is 33.2 Å². The third-order valence-corrected chi connectivity index (χ3v) is 4.66. The molecule has 2 aromatic heterocycles. The zero-order chi connectivity index (χ0) is 23.0. The van der Waals surface area contributed by atoms with Gasteiger partial charge in [0.15, 0.2) is 5.65 Å². The summed E-state index contributed by atoms with van der Waals surface area (Å²) in [5.41, 5.74) is 5.82. The fourth-order valence-electron chi connectivity index (χ4n) is 3.10. The normalized spacial score (nSPS) is 11.5. The number of amides is 1. The first-order valence-electron chi connectivity index (χ1n) is 9.00. The lowest BCUT2D eigenvalue weighted by Crippen LogP contribution is -2.15. The molecule has 0 aliphatic carbocycles. The number of fused-ring (bicyclic) bond motifs is 1. The van der Waals surface area contributed by atoms with E-state index in [-0.39, 0.29) is 23.3 Å². The average Bonchev–Trinajstić information content (AvgIpc) is 3.19. The van der Waals surface area contributed by atoms with Crippen LogP contribution in [0.5, 0.6) is 5.75 Å².